The summed E-state index contributed by atoms with van der Waals surface area (Å²) in [4.78, 5) is 6.49. The van der Waals surface area contributed by atoms with Crippen molar-refractivity contribution in [2.45, 2.75) is 26.3 Å². The molecule has 1 atom stereocenters. The molecule has 4 heteroatoms. The smallest absolute Gasteiger partial charge is 0.146 e. The van der Waals surface area contributed by atoms with E-state index in [1.807, 2.05) is 6.07 Å². The maximum atomic E-state index is 9.09. The van der Waals surface area contributed by atoms with Gasteiger partial charge in [0.2, 0.25) is 0 Å². The second-order valence-electron chi connectivity index (χ2n) is 5.29. The molecule has 2 heterocycles. The molecule has 0 aromatic carbocycles. The van der Waals surface area contributed by atoms with Crippen LogP contribution in [0.1, 0.15) is 25.8 Å². The molecule has 0 spiro atoms. The number of nitrogens with zero attached hydrogens (tertiary/aromatic N) is 3. The van der Waals surface area contributed by atoms with E-state index in [1.54, 1.807) is 12.3 Å². The summed E-state index contributed by atoms with van der Waals surface area (Å²) in [5, 5.41) is 9.09. The second kappa shape index (κ2) is 4.34. The molecule has 1 aromatic heterocycles. The zero-order chi connectivity index (χ0) is 12.5. The van der Waals surface area contributed by atoms with Crippen molar-refractivity contribution in [1.29, 1.82) is 5.26 Å². The van der Waals surface area contributed by atoms with Crippen LogP contribution in [0.3, 0.4) is 0 Å². The SMILES string of the molecule is CC1(C)CN(c2ncccc2C#N)CCC1N. The van der Waals surface area contributed by atoms with Crippen LogP contribution in [0.2, 0.25) is 0 Å². The molecule has 90 valence electrons. The van der Waals surface area contributed by atoms with E-state index in [1.165, 1.54) is 0 Å². The highest BCUT2D eigenvalue weighted by Gasteiger charge is 2.34. The third-order valence-electron chi connectivity index (χ3n) is 3.52. The number of nitriles is 1. The first kappa shape index (κ1) is 11.9. The molecular formula is C13H18N4. The van der Waals surface area contributed by atoms with E-state index in [9.17, 15) is 0 Å². The molecular weight excluding hydrogens is 212 g/mol. The van der Waals surface area contributed by atoms with Crippen LogP contribution >= 0.6 is 0 Å². The topological polar surface area (TPSA) is 65.9 Å². The molecule has 1 aliphatic heterocycles. The van der Waals surface area contributed by atoms with Crippen LogP contribution in [0.5, 0.6) is 0 Å². The summed E-state index contributed by atoms with van der Waals surface area (Å²) < 4.78 is 0. The van der Waals surface area contributed by atoms with Crippen LogP contribution in [-0.2, 0) is 0 Å². The Bertz CT molecular complexity index is 447. The number of rotatable bonds is 1. The lowest BCUT2D eigenvalue weighted by Gasteiger charge is -2.43. The maximum absolute atomic E-state index is 9.09. The van der Waals surface area contributed by atoms with Crippen LogP contribution in [0, 0.1) is 16.7 Å². The van der Waals surface area contributed by atoms with Crippen LogP contribution in [0.4, 0.5) is 5.82 Å². The molecule has 0 amide bonds. The Balaban J connectivity index is 2.27. The Hall–Kier alpha value is -1.60. The molecule has 0 bridgehead atoms. The zero-order valence-corrected chi connectivity index (χ0v) is 10.3. The molecule has 0 saturated carbocycles. The summed E-state index contributed by atoms with van der Waals surface area (Å²) in [6.45, 7) is 6.05. The highest BCUT2D eigenvalue weighted by atomic mass is 15.2. The monoisotopic (exact) mass is 230 g/mol. The first-order valence-electron chi connectivity index (χ1n) is 5.90. The number of hydrogen-bond acceptors (Lipinski definition) is 4. The molecule has 1 aromatic rings. The highest BCUT2D eigenvalue weighted by molar-refractivity contribution is 5.54. The van der Waals surface area contributed by atoms with E-state index in [0.29, 0.717) is 5.56 Å². The number of hydrogen-bond donors (Lipinski definition) is 1. The molecule has 2 N–H and O–H groups in total. The third kappa shape index (κ3) is 2.25. The van der Waals surface area contributed by atoms with Crippen molar-refractivity contribution in [3.8, 4) is 6.07 Å². The fourth-order valence-electron chi connectivity index (χ4n) is 2.29. The standard InChI is InChI=1S/C13H18N4/c1-13(2)9-17(7-5-11(13)15)12-10(8-14)4-3-6-16-12/h3-4,6,11H,5,7,9,15H2,1-2H3. The number of piperidine rings is 1. The Kier molecular flexibility index (Phi) is 3.03. The lowest BCUT2D eigenvalue weighted by Crippen LogP contribution is -2.52. The molecule has 1 unspecified atom stereocenters. The molecule has 1 fully saturated rings. The summed E-state index contributed by atoms with van der Waals surface area (Å²) in [6, 6.07) is 6.02. The van der Waals surface area contributed by atoms with E-state index >= 15 is 0 Å². The Morgan fingerprint density at radius 2 is 2.35 bits per heavy atom. The zero-order valence-electron chi connectivity index (χ0n) is 10.3. The normalized spacial score (nSPS) is 23.2. The molecule has 4 nitrogen and oxygen atoms in total. The van der Waals surface area contributed by atoms with E-state index in [0.717, 1.165) is 25.3 Å². The average Bonchev–Trinajstić information content (AvgIpc) is 2.32. The number of aromatic nitrogens is 1. The fraction of sp³-hybridized carbons (Fsp3) is 0.538. The lowest BCUT2D eigenvalue weighted by atomic mass is 9.79. The Morgan fingerprint density at radius 3 is 3.00 bits per heavy atom. The van der Waals surface area contributed by atoms with Gasteiger partial charge < -0.3 is 10.6 Å². The average molecular weight is 230 g/mol. The largest absolute Gasteiger partial charge is 0.355 e. The van der Waals surface area contributed by atoms with Crippen molar-refractivity contribution in [2.75, 3.05) is 18.0 Å². The van der Waals surface area contributed by atoms with Gasteiger partial charge in [-0.3, -0.25) is 0 Å². The van der Waals surface area contributed by atoms with Gasteiger partial charge in [-0.25, -0.2) is 4.98 Å². The van der Waals surface area contributed by atoms with Gasteiger partial charge in [-0.1, -0.05) is 13.8 Å². The van der Waals surface area contributed by atoms with Crippen molar-refractivity contribution >= 4 is 5.82 Å². The molecule has 1 aliphatic rings. The van der Waals surface area contributed by atoms with Gasteiger partial charge in [0.1, 0.15) is 11.9 Å². The van der Waals surface area contributed by atoms with E-state index in [4.69, 9.17) is 11.0 Å². The molecule has 0 aliphatic carbocycles. The van der Waals surface area contributed by atoms with E-state index in [-0.39, 0.29) is 11.5 Å². The van der Waals surface area contributed by atoms with Crippen LogP contribution < -0.4 is 10.6 Å². The van der Waals surface area contributed by atoms with Crippen molar-refractivity contribution in [3.05, 3.63) is 23.9 Å². The molecule has 2 rings (SSSR count). The number of anilines is 1. The second-order valence-corrected chi connectivity index (χ2v) is 5.29. The third-order valence-corrected chi connectivity index (χ3v) is 3.52. The van der Waals surface area contributed by atoms with Crippen LogP contribution in [-0.4, -0.2) is 24.1 Å². The van der Waals surface area contributed by atoms with Gasteiger partial charge in [-0.05, 0) is 24.0 Å². The maximum Gasteiger partial charge on any atom is 0.146 e. The van der Waals surface area contributed by atoms with Crippen molar-refractivity contribution in [1.82, 2.24) is 4.98 Å². The van der Waals surface area contributed by atoms with E-state index < -0.39 is 0 Å². The van der Waals surface area contributed by atoms with Gasteiger partial charge in [-0.15, -0.1) is 0 Å². The minimum atomic E-state index is 0.0580. The molecule has 17 heavy (non-hydrogen) atoms. The van der Waals surface area contributed by atoms with Gasteiger partial charge in [-0.2, -0.15) is 5.26 Å². The van der Waals surface area contributed by atoms with E-state index in [2.05, 4.69) is 29.8 Å². The minimum absolute atomic E-state index is 0.0580. The van der Waals surface area contributed by atoms with Gasteiger partial charge in [0, 0.05) is 25.3 Å². The van der Waals surface area contributed by atoms with Crippen LogP contribution in [0.15, 0.2) is 18.3 Å². The first-order chi connectivity index (χ1) is 8.04. The van der Waals surface area contributed by atoms with Crippen molar-refractivity contribution in [2.24, 2.45) is 11.1 Å². The summed E-state index contributed by atoms with van der Waals surface area (Å²) in [5.74, 6) is 0.787. The summed E-state index contributed by atoms with van der Waals surface area (Å²) >= 11 is 0. The molecule has 1 saturated heterocycles. The highest BCUT2D eigenvalue weighted by Crippen LogP contribution is 2.31. The first-order valence-corrected chi connectivity index (χ1v) is 5.90. The number of nitrogens with two attached hydrogens (primary N) is 1. The lowest BCUT2D eigenvalue weighted by molar-refractivity contribution is 0.244. The predicted molar refractivity (Wildman–Crippen MR) is 67.5 cm³/mol. The van der Waals surface area contributed by atoms with Crippen LogP contribution in [0.25, 0.3) is 0 Å². The Morgan fingerprint density at radius 1 is 1.59 bits per heavy atom. The van der Waals surface area contributed by atoms with Gasteiger partial charge in [0.15, 0.2) is 0 Å². The fourth-order valence-corrected chi connectivity index (χ4v) is 2.29. The molecule has 0 radical (unpaired) electrons. The minimum Gasteiger partial charge on any atom is -0.355 e. The van der Waals surface area contributed by atoms with Gasteiger partial charge in [0.05, 0.1) is 5.56 Å². The quantitative estimate of drug-likeness (QED) is 0.794. The number of pyridine rings is 1. The van der Waals surface area contributed by atoms with Gasteiger partial charge in [0.25, 0.3) is 0 Å². The van der Waals surface area contributed by atoms with Crippen molar-refractivity contribution < 1.29 is 0 Å². The summed E-state index contributed by atoms with van der Waals surface area (Å²) in [6.07, 6.45) is 2.67. The summed E-state index contributed by atoms with van der Waals surface area (Å²) in [5.41, 5.74) is 6.81. The predicted octanol–water partition coefficient (Wildman–Crippen LogP) is 1.52. The van der Waals surface area contributed by atoms with Gasteiger partial charge >= 0.3 is 0 Å². The summed E-state index contributed by atoms with van der Waals surface area (Å²) in [7, 11) is 0. The van der Waals surface area contributed by atoms with Crippen molar-refractivity contribution in [3.63, 3.8) is 0 Å². The Labute approximate surface area is 102 Å².